The SMILES string of the molecule is CCON=C(C(=S)NCCc1ccc(OC)c(OC)c1)c1ccc(Cl)cc1. The molecule has 1 N–H and O–H groups in total. The summed E-state index contributed by atoms with van der Waals surface area (Å²) in [6, 6.07) is 13.2. The smallest absolute Gasteiger partial charge is 0.160 e. The maximum atomic E-state index is 5.96. The monoisotopic (exact) mass is 406 g/mol. The molecule has 0 radical (unpaired) electrons. The van der Waals surface area contributed by atoms with Gasteiger partial charge >= 0.3 is 0 Å². The van der Waals surface area contributed by atoms with Crippen molar-refractivity contribution in [2.45, 2.75) is 13.3 Å². The quantitative estimate of drug-likeness (QED) is 0.383. The van der Waals surface area contributed by atoms with Gasteiger partial charge < -0.3 is 19.6 Å². The van der Waals surface area contributed by atoms with Crippen LogP contribution in [0.3, 0.4) is 0 Å². The van der Waals surface area contributed by atoms with Gasteiger partial charge in [0.1, 0.15) is 17.3 Å². The number of benzene rings is 2. The van der Waals surface area contributed by atoms with Gasteiger partial charge in [-0.25, -0.2) is 0 Å². The molecule has 0 fully saturated rings. The first-order valence-electron chi connectivity index (χ1n) is 8.54. The Kier molecular flexibility index (Phi) is 8.36. The lowest BCUT2D eigenvalue weighted by Gasteiger charge is -2.12. The average Bonchev–Trinajstić information content (AvgIpc) is 2.69. The zero-order chi connectivity index (χ0) is 19.6. The van der Waals surface area contributed by atoms with Crippen LogP contribution < -0.4 is 14.8 Å². The highest BCUT2D eigenvalue weighted by molar-refractivity contribution is 7.82. The lowest BCUT2D eigenvalue weighted by Crippen LogP contribution is -2.31. The molecule has 0 spiro atoms. The van der Waals surface area contributed by atoms with Gasteiger partial charge in [-0.3, -0.25) is 0 Å². The van der Waals surface area contributed by atoms with Crippen molar-refractivity contribution in [3.63, 3.8) is 0 Å². The van der Waals surface area contributed by atoms with Gasteiger partial charge in [-0.2, -0.15) is 0 Å². The summed E-state index contributed by atoms with van der Waals surface area (Å²) in [4.78, 5) is 5.74. The standard InChI is InChI=1S/C20H23ClN2O3S/c1-4-26-23-19(15-6-8-16(21)9-7-15)20(27)22-12-11-14-5-10-17(24-2)18(13-14)25-3/h5-10,13H,4,11-12H2,1-3H3,(H,22,27). The largest absolute Gasteiger partial charge is 0.493 e. The van der Waals surface area contributed by atoms with E-state index in [-0.39, 0.29) is 0 Å². The van der Waals surface area contributed by atoms with Crippen molar-refractivity contribution in [2.75, 3.05) is 27.4 Å². The van der Waals surface area contributed by atoms with Crippen LogP contribution >= 0.6 is 23.8 Å². The minimum Gasteiger partial charge on any atom is -0.493 e. The van der Waals surface area contributed by atoms with Crippen LogP contribution in [0, 0.1) is 0 Å². The van der Waals surface area contributed by atoms with Gasteiger partial charge in [-0.1, -0.05) is 47.2 Å². The van der Waals surface area contributed by atoms with E-state index in [0.717, 1.165) is 17.5 Å². The summed E-state index contributed by atoms with van der Waals surface area (Å²) >= 11 is 11.5. The molecule has 2 rings (SSSR count). The van der Waals surface area contributed by atoms with Gasteiger partial charge in [0.05, 0.1) is 14.2 Å². The first-order chi connectivity index (χ1) is 13.1. The summed E-state index contributed by atoms with van der Waals surface area (Å²) < 4.78 is 10.6. The fourth-order valence-electron chi connectivity index (χ4n) is 2.40. The second kappa shape index (κ2) is 10.7. The number of oxime groups is 1. The third-order valence-corrected chi connectivity index (χ3v) is 4.35. The summed E-state index contributed by atoms with van der Waals surface area (Å²) in [5.74, 6) is 1.41. The van der Waals surface area contributed by atoms with Crippen molar-refractivity contribution in [1.29, 1.82) is 0 Å². The van der Waals surface area contributed by atoms with Crippen LogP contribution in [-0.4, -0.2) is 38.1 Å². The fourth-order valence-corrected chi connectivity index (χ4v) is 2.79. The highest BCUT2D eigenvalue weighted by Gasteiger charge is 2.12. The molecule has 0 unspecified atom stereocenters. The molecule has 0 saturated carbocycles. The van der Waals surface area contributed by atoms with Crippen molar-refractivity contribution in [1.82, 2.24) is 5.32 Å². The second-order valence-electron chi connectivity index (χ2n) is 5.56. The zero-order valence-electron chi connectivity index (χ0n) is 15.6. The van der Waals surface area contributed by atoms with E-state index < -0.39 is 0 Å². The Morgan fingerprint density at radius 2 is 1.78 bits per heavy atom. The lowest BCUT2D eigenvalue weighted by molar-refractivity contribution is 0.159. The first kappa shape index (κ1) is 21.0. The van der Waals surface area contributed by atoms with Crippen molar-refractivity contribution in [3.05, 3.63) is 58.6 Å². The third-order valence-electron chi connectivity index (χ3n) is 3.76. The molecule has 0 bridgehead atoms. The summed E-state index contributed by atoms with van der Waals surface area (Å²) in [7, 11) is 3.24. The average molecular weight is 407 g/mol. The van der Waals surface area contributed by atoms with E-state index in [1.54, 1.807) is 26.4 Å². The summed E-state index contributed by atoms with van der Waals surface area (Å²) in [5, 5.41) is 8.04. The molecule has 0 aliphatic carbocycles. The van der Waals surface area contributed by atoms with E-state index in [9.17, 15) is 0 Å². The van der Waals surface area contributed by atoms with Crippen LogP contribution in [-0.2, 0) is 11.3 Å². The number of methoxy groups -OCH3 is 2. The number of nitrogens with zero attached hydrogens (tertiary/aromatic N) is 1. The van der Waals surface area contributed by atoms with Gasteiger partial charge in [0.15, 0.2) is 11.5 Å². The zero-order valence-corrected chi connectivity index (χ0v) is 17.2. The normalized spacial score (nSPS) is 11.0. The molecule has 5 nitrogen and oxygen atoms in total. The van der Waals surface area contributed by atoms with Gasteiger partial charge in [0.25, 0.3) is 0 Å². The summed E-state index contributed by atoms with van der Waals surface area (Å²) in [6.07, 6.45) is 0.767. The third kappa shape index (κ3) is 6.12. The van der Waals surface area contributed by atoms with E-state index >= 15 is 0 Å². The number of hydrogen-bond acceptors (Lipinski definition) is 5. The molecule has 0 aliphatic heterocycles. The number of ether oxygens (including phenoxy) is 2. The number of halogens is 1. The Balaban J connectivity index is 2.02. The molecular formula is C20H23ClN2O3S. The van der Waals surface area contributed by atoms with E-state index in [4.69, 9.17) is 38.1 Å². The minimum atomic E-state index is 0.464. The predicted octanol–water partition coefficient (Wildman–Crippen LogP) is 4.26. The molecule has 2 aromatic carbocycles. The maximum absolute atomic E-state index is 5.96. The highest BCUT2D eigenvalue weighted by Crippen LogP contribution is 2.27. The van der Waals surface area contributed by atoms with Crippen LogP contribution in [0.2, 0.25) is 5.02 Å². The highest BCUT2D eigenvalue weighted by atomic mass is 35.5. The molecule has 7 heteroatoms. The Morgan fingerprint density at radius 1 is 1.07 bits per heavy atom. The van der Waals surface area contributed by atoms with Crippen molar-refractivity contribution < 1.29 is 14.3 Å². The second-order valence-corrected chi connectivity index (χ2v) is 6.40. The van der Waals surface area contributed by atoms with Crippen LogP contribution in [0.25, 0.3) is 0 Å². The van der Waals surface area contributed by atoms with Gasteiger partial charge in [0.2, 0.25) is 0 Å². The van der Waals surface area contributed by atoms with Gasteiger partial charge in [-0.05, 0) is 43.2 Å². The molecule has 27 heavy (non-hydrogen) atoms. The van der Waals surface area contributed by atoms with Crippen molar-refractivity contribution >= 4 is 34.5 Å². The molecular weight excluding hydrogens is 384 g/mol. The maximum Gasteiger partial charge on any atom is 0.160 e. The Morgan fingerprint density at radius 3 is 2.41 bits per heavy atom. The first-order valence-corrected chi connectivity index (χ1v) is 9.32. The van der Waals surface area contributed by atoms with Crippen LogP contribution in [0.1, 0.15) is 18.1 Å². The lowest BCUT2D eigenvalue weighted by atomic mass is 10.1. The molecule has 144 valence electrons. The molecule has 0 atom stereocenters. The van der Waals surface area contributed by atoms with Crippen LogP contribution in [0.5, 0.6) is 11.5 Å². The fraction of sp³-hybridized carbons (Fsp3) is 0.300. The number of hydrogen-bond donors (Lipinski definition) is 1. The van der Waals surface area contributed by atoms with Gasteiger partial charge in [-0.15, -0.1) is 0 Å². The van der Waals surface area contributed by atoms with E-state index in [2.05, 4.69) is 10.5 Å². The molecule has 0 aromatic heterocycles. The molecule has 0 amide bonds. The predicted molar refractivity (Wildman–Crippen MR) is 113 cm³/mol. The molecule has 0 saturated heterocycles. The number of rotatable bonds is 9. The molecule has 0 heterocycles. The summed E-state index contributed by atoms with van der Waals surface area (Å²) in [5.41, 5.74) is 2.53. The van der Waals surface area contributed by atoms with Crippen LogP contribution in [0.15, 0.2) is 47.6 Å². The van der Waals surface area contributed by atoms with E-state index in [1.165, 1.54) is 0 Å². The molecule has 0 aliphatic rings. The van der Waals surface area contributed by atoms with E-state index in [0.29, 0.717) is 40.4 Å². The Labute approximate surface area is 170 Å². The number of nitrogens with one attached hydrogen (secondary N) is 1. The Bertz CT molecular complexity index is 794. The summed E-state index contributed by atoms with van der Waals surface area (Å²) in [6.45, 7) is 2.98. The van der Waals surface area contributed by atoms with Gasteiger partial charge in [0, 0.05) is 17.1 Å². The van der Waals surface area contributed by atoms with Crippen LogP contribution in [0.4, 0.5) is 0 Å². The van der Waals surface area contributed by atoms with Crippen molar-refractivity contribution in [3.8, 4) is 11.5 Å². The Hall–Kier alpha value is -2.31. The molecule has 2 aromatic rings. The minimum absolute atomic E-state index is 0.464. The number of thiocarbonyl (C=S) groups is 1. The topological polar surface area (TPSA) is 52.1 Å². The van der Waals surface area contributed by atoms with E-state index in [1.807, 2.05) is 37.3 Å². The van der Waals surface area contributed by atoms with Crippen molar-refractivity contribution in [2.24, 2.45) is 5.16 Å².